The highest BCUT2D eigenvalue weighted by Gasteiger charge is 2.25. The molecule has 1 nitrogen and oxygen atoms in total. The molecule has 0 aromatic carbocycles. The summed E-state index contributed by atoms with van der Waals surface area (Å²) in [6, 6.07) is 0. The molecule has 3 unspecified atom stereocenters. The van der Waals surface area contributed by atoms with Gasteiger partial charge in [0.15, 0.2) is 0 Å². The third kappa shape index (κ3) is 6.22. The maximum absolute atomic E-state index is 6.04. The Bertz CT molecular complexity index is 184. The van der Waals surface area contributed by atoms with Crippen LogP contribution in [0.3, 0.4) is 0 Å². The van der Waals surface area contributed by atoms with Crippen LogP contribution in [-0.2, 0) is 4.74 Å². The van der Waals surface area contributed by atoms with Crippen molar-refractivity contribution < 1.29 is 4.74 Å². The predicted molar refractivity (Wildman–Crippen MR) is 79.9 cm³/mol. The lowest BCUT2D eigenvalue weighted by Gasteiger charge is -2.32. The quantitative estimate of drug-likeness (QED) is 0.522. The van der Waals surface area contributed by atoms with Gasteiger partial charge in [-0.1, -0.05) is 52.9 Å². The van der Waals surface area contributed by atoms with Crippen molar-refractivity contribution in [3.63, 3.8) is 0 Å². The standard InChI is InChI=1S/C17H34O/c1-4-6-10-15(3)14-16(11-7-5-2)17-12-8-9-13-18-17/h15-17H,4-14H2,1-3H3. The molecule has 1 rings (SSSR count). The van der Waals surface area contributed by atoms with Crippen LogP contribution in [0.15, 0.2) is 0 Å². The molecule has 0 amide bonds. The Morgan fingerprint density at radius 3 is 2.39 bits per heavy atom. The number of hydrogen-bond donors (Lipinski definition) is 0. The van der Waals surface area contributed by atoms with Gasteiger partial charge in [0.05, 0.1) is 6.10 Å². The minimum atomic E-state index is 0.578. The maximum Gasteiger partial charge on any atom is 0.0603 e. The second-order valence-electron chi connectivity index (χ2n) is 6.29. The van der Waals surface area contributed by atoms with Gasteiger partial charge in [-0.25, -0.2) is 0 Å². The van der Waals surface area contributed by atoms with Crippen LogP contribution < -0.4 is 0 Å². The van der Waals surface area contributed by atoms with Crippen molar-refractivity contribution in [1.82, 2.24) is 0 Å². The van der Waals surface area contributed by atoms with Gasteiger partial charge in [0.25, 0.3) is 0 Å². The molecule has 0 aromatic rings. The highest BCUT2D eigenvalue weighted by molar-refractivity contribution is 4.75. The third-order valence-electron chi connectivity index (χ3n) is 4.42. The van der Waals surface area contributed by atoms with Crippen molar-refractivity contribution in [2.75, 3.05) is 6.61 Å². The van der Waals surface area contributed by atoms with Gasteiger partial charge in [-0.05, 0) is 43.9 Å². The molecule has 0 radical (unpaired) electrons. The van der Waals surface area contributed by atoms with E-state index < -0.39 is 0 Å². The molecular formula is C17H34O. The molecule has 108 valence electrons. The molecule has 1 aliphatic heterocycles. The first-order chi connectivity index (χ1) is 8.77. The molecule has 1 saturated heterocycles. The Balaban J connectivity index is 2.37. The second kappa shape index (κ2) is 9.83. The van der Waals surface area contributed by atoms with E-state index in [9.17, 15) is 0 Å². The van der Waals surface area contributed by atoms with Gasteiger partial charge < -0.3 is 4.74 Å². The van der Waals surface area contributed by atoms with Crippen LogP contribution >= 0.6 is 0 Å². The summed E-state index contributed by atoms with van der Waals surface area (Å²) in [5.41, 5.74) is 0. The van der Waals surface area contributed by atoms with Gasteiger partial charge >= 0.3 is 0 Å². The topological polar surface area (TPSA) is 9.23 Å². The minimum absolute atomic E-state index is 0.578. The Labute approximate surface area is 115 Å². The lowest BCUT2D eigenvalue weighted by molar-refractivity contribution is -0.0298. The lowest BCUT2D eigenvalue weighted by Crippen LogP contribution is -2.29. The fourth-order valence-corrected chi connectivity index (χ4v) is 3.25. The van der Waals surface area contributed by atoms with Gasteiger partial charge in [-0.15, -0.1) is 0 Å². The van der Waals surface area contributed by atoms with E-state index in [4.69, 9.17) is 4.74 Å². The molecule has 18 heavy (non-hydrogen) atoms. The first kappa shape index (κ1) is 16.0. The Morgan fingerprint density at radius 1 is 1.06 bits per heavy atom. The molecule has 0 spiro atoms. The van der Waals surface area contributed by atoms with Crippen LogP contribution in [0.1, 0.15) is 85.0 Å². The monoisotopic (exact) mass is 254 g/mol. The van der Waals surface area contributed by atoms with E-state index in [0.29, 0.717) is 6.10 Å². The largest absolute Gasteiger partial charge is 0.378 e. The zero-order valence-electron chi connectivity index (χ0n) is 12.9. The summed E-state index contributed by atoms with van der Waals surface area (Å²) in [4.78, 5) is 0. The van der Waals surface area contributed by atoms with Gasteiger partial charge in [-0.3, -0.25) is 0 Å². The molecule has 3 atom stereocenters. The average molecular weight is 254 g/mol. The first-order valence-electron chi connectivity index (χ1n) is 8.39. The predicted octanol–water partition coefficient (Wildman–Crippen LogP) is 5.58. The summed E-state index contributed by atoms with van der Waals surface area (Å²) < 4.78 is 6.04. The van der Waals surface area contributed by atoms with Crippen LogP contribution in [0.25, 0.3) is 0 Å². The molecule has 0 aromatic heterocycles. The first-order valence-corrected chi connectivity index (χ1v) is 8.39. The molecule has 1 heterocycles. The molecule has 1 aliphatic rings. The van der Waals surface area contributed by atoms with Crippen molar-refractivity contribution in [2.24, 2.45) is 11.8 Å². The Kier molecular flexibility index (Phi) is 8.75. The minimum Gasteiger partial charge on any atom is -0.378 e. The Hall–Kier alpha value is -0.0400. The van der Waals surface area contributed by atoms with Crippen LogP contribution in [0.4, 0.5) is 0 Å². The second-order valence-corrected chi connectivity index (χ2v) is 6.29. The zero-order valence-corrected chi connectivity index (χ0v) is 12.9. The zero-order chi connectivity index (χ0) is 13.2. The Morgan fingerprint density at radius 2 is 1.78 bits per heavy atom. The van der Waals surface area contributed by atoms with Crippen molar-refractivity contribution in [3.8, 4) is 0 Å². The van der Waals surface area contributed by atoms with Gasteiger partial charge in [0.1, 0.15) is 0 Å². The summed E-state index contributed by atoms with van der Waals surface area (Å²) in [6.07, 6.45) is 14.2. The van der Waals surface area contributed by atoms with E-state index in [0.717, 1.165) is 18.4 Å². The molecular weight excluding hydrogens is 220 g/mol. The van der Waals surface area contributed by atoms with Crippen LogP contribution in [0.2, 0.25) is 0 Å². The van der Waals surface area contributed by atoms with E-state index >= 15 is 0 Å². The number of hydrogen-bond acceptors (Lipinski definition) is 1. The number of ether oxygens (including phenoxy) is 1. The van der Waals surface area contributed by atoms with Crippen LogP contribution in [0, 0.1) is 11.8 Å². The fraction of sp³-hybridized carbons (Fsp3) is 1.00. The lowest BCUT2D eigenvalue weighted by atomic mass is 9.83. The number of rotatable bonds is 9. The van der Waals surface area contributed by atoms with Gasteiger partial charge in [0, 0.05) is 6.61 Å². The van der Waals surface area contributed by atoms with Gasteiger partial charge in [0.2, 0.25) is 0 Å². The normalized spacial score (nSPS) is 23.8. The molecule has 0 N–H and O–H groups in total. The highest BCUT2D eigenvalue weighted by atomic mass is 16.5. The van der Waals surface area contributed by atoms with E-state index in [1.165, 1.54) is 64.2 Å². The van der Waals surface area contributed by atoms with E-state index in [1.54, 1.807) is 0 Å². The molecule has 0 aliphatic carbocycles. The molecule has 1 fully saturated rings. The van der Waals surface area contributed by atoms with E-state index in [1.807, 2.05) is 0 Å². The van der Waals surface area contributed by atoms with Crippen molar-refractivity contribution in [3.05, 3.63) is 0 Å². The summed E-state index contributed by atoms with van der Waals surface area (Å²) in [5.74, 6) is 1.72. The van der Waals surface area contributed by atoms with Gasteiger partial charge in [-0.2, -0.15) is 0 Å². The van der Waals surface area contributed by atoms with Crippen LogP contribution in [0.5, 0.6) is 0 Å². The SMILES string of the molecule is CCCCC(C)CC(CCCC)C1CCCCO1. The number of unbranched alkanes of at least 4 members (excludes halogenated alkanes) is 2. The average Bonchev–Trinajstić information content (AvgIpc) is 2.42. The van der Waals surface area contributed by atoms with Crippen LogP contribution in [-0.4, -0.2) is 12.7 Å². The van der Waals surface area contributed by atoms with E-state index in [2.05, 4.69) is 20.8 Å². The maximum atomic E-state index is 6.04. The van der Waals surface area contributed by atoms with Crippen molar-refractivity contribution in [2.45, 2.75) is 91.1 Å². The molecule has 1 heteroatoms. The van der Waals surface area contributed by atoms with E-state index in [-0.39, 0.29) is 0 Å². The molecule has 0 bridgehead atoms. The van der Waals surface area contributed by atoms with Crippen molar-refractivity contribution >= 4 is 0 Å². The highest BCUT2D eigenvalue weighted by Crippen LogP contribution is 2.30. The van der Waals surface area contributed by atoms with Crippen molar-refractivity contribution in [1.29, 1.82) is 0 Å². The fourth-order valence-electron chi connectivity index (χ4n) is 3.25. The summed E-state index contributed by atoms with van der Waals surface area (Å²) in [6.45, 7) is 8.05. The smallest absolute Gasteiger partial charge is 0.0603 e. The third-order valence-corrected chi connectivity index (χ3v) is 4.42. The molecule has 0 saturated carbocycles. The summed E-state index contributed by atoms with van der Waals surface area (Å²) >= 11 is 0. The summed E-state index contributed by atoms with van der Waals surface area (Å²) in [7, 11) is 0. The summed E-state index contributed by atoms with van der Waals surface area (Å²) in [5, 5.41) is 0.